The lowest BCUT2D eigenvalue weighted by molar-refractivity contribution is -0.121. The van der Waals surface area contributed by atoms with Crippen molar-refractivity contribution < 1.29 is 33.1 Å². The first kappa shape index (κ1) is 31.9. The molecule has 0 spiro atoms. The summed E-state index contributed by atoms with van der Waals surface area (Å²) in [5.41, 5.74) is 1.92. The molecular formula is C35H28FN3O6S. The van der Waals surface area contributed by atoms with E-state index in [-0.39, 0.29) is 30.5 Å². The van der Waals surface area contributed by atoms with E-state index in [2.05, 4.69) is 10.6 Å². The van der Waals surface area contributed by atoms with E-state index < -0.39 is 28.9 Å². The van der Waals surface area contributed by atoms with E-state index >= 15 is 0 Å². The fourth-order valence-corrected chi connectivity index (χ4v) is 5.63. The molecule has 1 heterocycles. The van der Waals surface area contributed by atoms with Crippen molar-refractivity contribution in [2.24, 2.45) is 0 Å². The largest absolute Gasteiger partial charge is 0.462 e. The van der Waals surface area contributed by atoms with Crippen LogP contribution in [0.2, 0.25) is 0 Å². The van der Waals surface area contributed by atoms with Crippen molar-refractivity contribution in [3.63, 3.8) is 0 Å². The van der Waals surface area contributed by atoms with E-state index in [1.54, 1.807) is 61.5 Å². The highest BCUT2D eigenvalue weighted by atomic mass is 32.2. The highest BCUT2D eigenvalue weighted by Gasteiger charge is 2.40. The molecule has 1 atom stereocenters. The molecule has 0 bridgehead atoms. The smallest absolute Gasteiger partial charge is 0.338 e. The van der Waals surface area contributed by atoms with Crippen LogP contribution in [0, 0.1) is 5.82 Å². The minimum absolute atomic E-state index is 0.000266. The zero-order valence-electron chi connectivity index (χ0n) is 24.6. The van der Waals surface area contributed by atoms with Gasteiger partial charge in [-0.3, -0.25) is 19.2 Å². The Bertz CT molecular complexity index is 1790. The minimum atomic E-state index is -0.656. The van der Waals surface area contributed by atoms with Gasteiger partial charge in [-0.15, -0.1) is 11.8 Å². The lowest BCUT2D eigenvalue weighted by Crippen LogP contribution is -2.31. The maximum absolute atomic E-state index is 13.4. The van der Waals surface area contributed by atoms with E-state index in [4.69, 9.17) is 4.74 Å². The minimum Gasteiger partial charge on any atom is -0.462 e. The van der Waals surface area contributed by atoms with Crippen LogP contribution in [0.4, 0.5) is 15.8 Å². The van der Waals surface area contributed by atoms with E-state index in [0.717, 1.165) is 4.90 Å². The van der Waals surface area contributed by atoms with E-state index in [1.165, 1.54) is 66.4 Å². The molecule has 1 fully saturated rings. The lowest BCUT2D eigenvalue weighted by Gasteiger charge is -2.15. The third kappa shape index (κ3) is 7.74. The van der Waals surface area contributed by atoms with Crippen molar-refractivity contribution in [3.05, 3.63) is 131 Å². The number of benzene rings is 4. The summed E-state index contributed by atoms with van der Waals surface area (Å²) in [6.07, 6.45) is 1.44. The third-order valence-corrected chi connectivity index (χ3v) is 8.04. The molecular weight excluding hydrogens is 609 g/mol. The fraction of sp³-hybridized carbons (Fsp3) is 0.114. The zero-order valence-corrected chi connectivity index (χ0v) is 25.4. The van der Waals surface area contributed by atoms with E-state index in [0.29, 0.717) is 33.0 Å². The van der Waals surface area contributed by atoms with Gasteiger partial charge >= 0.3 is 5.97 Å². The third-order valence-electron chi connectivity index (χ3n) is 6.84. The zero-order chi connectivity index (χ0) is 32.6. The summed E-state index contributed by atoms with van der Waals surface area (Å²) in [6, 6.07) is 26.7. The molecule has 0 aliphatic carbocycles. The second-order valence-electron chi connectivity index (χ2n) is 10.1. The molecule has 2 N–H and O–H groups in total. The van der Waals surface area contributed by atoms with E-state index in [9.17, 15) is 28.4 Å². The summed E-state index contributed by atoms with van der Waals surface area (Å²) in [5.74, 6) is -2.74. The van der Waals surface area contributed by atoms with Crippen LogP contribution < -0.4 is 15.5 Å². The van der Waals surface area contributed by atoms with Gasteiger partial charge < -0.3 is 15.4 Å². The van der Waals surface area contributed by atoms with Crippen LogP contribution in [0.15, 0.2) is 114 Å². The van der Waals surface area contributed by atoms with Gasteiger partial charge in [0.15, 0.2) is 0 Å². The number of esters is 1. The number of carbonyl (C=O) groups excluding carboxylic acids is 5. The van der Waals surface area contributed by atoms with Crippen molar-refractivity contribution in [1.29, 1.82) is 0 Å². The van der Waals surface area contributed by atoms with Gasteiger partial charge in [0.25, 0.3) is 11.8 Å². The molecule has 0 radical (unpaired) electrons. The van der Waals surface area contributed by atoms with Crippen LogP contribution in [0.5, 0.6) is 0 Å². The van der Waals surface area contributed by atoms with Crippen LogP contribution >= 0.6 is 11.8 Å². The number of hydrogen-bond acceptors (Lipinski definition) is 7. The summed E-state index contributed by atoms with van der Waals surface area (Å²) < 4.78 is 18.4. The maximum atomic E-state index is 13.4. The fourth-order valence-electron chi connectivity index (χ4n) is 4.58. The molecule has 1 saturated heterocycles. The summed E-state index contributed by atoms with van der Waals surface area (Å²) in [6.45, 7) is 1.94. The lowest BCUT2D eigenvalue weighted by atomic mass is 10.1. The van der Waals surface area contributed by atoms with Gasteiger partial charge in [-0.1, -0.05) is 30.3 Å². The van der Waals surface area contributed by atoms with Crippen LogP contribution in [-0.4, -0.2) is 41.5 Å². The molecule has 1 unspecified atom stereocenters. The van der Waals surface area contributed by atoms with Crippen LogP contribution in [0.25, 0.3) is 6.08 Å². The number of imide groups is 1. The van der Waals surface area contributed by atoms with Gasteiger partial charge in [0, 0.05) is 22.6 Å². The Labute approximate surface area is 268 Å². The van der Waals surface area contributed by atoms with Gasteiger partial charge in [0.05, 0.1) is 23.1 Å². The van der Waals surface area contributed by atoms with Gasteiger partial charge in [-0.2, -0.15) is 0 Å². The van der Waals surface area contributed by atoms with Gasteiger partial charge in [-0.05, 0) is 91.4 Å². The molecule has 11 heteroatoms. The van der Waals surface area contributed by atoms with E-state index in [1.807, 2.05) is 0 Å². The predicted octanol–water partition coefficient (Wildman–Crippen LogP) is 5.84. The number of nitrogens with one attached hydrogen (secondary N) is 2. The Morgan fingerprint density at radius 1 is 0.891 bits per heavy atom. The summed E-state index contributed by atoms with van der Waals surface area (Å²) in [5, 5.41) is 4.72. The number of thioether (sulfide) groups is 1. The number of nitrogens with zero attached hydrogens (tertiary/aromatic N) is 1. The second-order valence-corrected chi connectivity index (χ2v) is 11.3. The first-order valence-electron chi connectivity index (χ1n) is 14.3. The standard InChI is InChI=1S/C35H28FN3O6S/c1-2-45-35(44)24-10-16-27(17-11-24)39-31(40)21-30(34(39)43)46-28-18-14-26(15-19-28)37-33(42)29(20-22-8-12-25(36)13-9-22)38-32(41)23-6-4-3-5-7-23/h3-20,30H,2,21H2,1H3,(H,37,42)(H,38,41)/b29-20-. The summed E-state index contributed by atoms with van der Waals surface area (Å²) >= 11 is 1.22. The average Bonchev–Trinajstić information content (AvgIpc) is 3.34. The summed E-state index contributed by atoms with van der Waals surface area (Å²) in [7, 11) is 0. The predicted molar refractivity (Wildman–Crippen MR) is 173 cm³/mol. The molecule has 4 aromatic carbocycles. The van der Waals surface area contributed by atoms with Crippen molar-refractivity contribution in [3.8, 4) is 0 Å². The van der Waals surface area contributed by atoms with Crippen LogP contribution in [0.1, 0.15) is 39.6 Å². The van der Waals surface area contributed by atoms with Gasteiger partial charge in [-0.25, -0.2) is 14.1 Å². The Kier molecular flexibility index (Phi) is 10.0. The first-order valence-corrected chi connectivity index (χ1v) is 15.2. The number of halogens is 1. The van der Waals surface area contributed by atoms with Crippen LogP contribution in [0.3, 0.4) is 0 Å². The number of amides is 4. The van der Waals surface area contributed by atoms with Gasteiger partial charge in [0.1, 0.15) is 11.5 Å². The number of rotatable bonds is 10. The molecule has 4 aromatic rings. The number of ether oxygens (including phenoxy) is 1. The number of anilines is 2. The second kappa shape index (κ2) is 14.5. The molecule has 0 saturated carbocycles. The highest BCUT2D eigenvalue weighted by Crippen LogP contribution is 2.34. The molecule has 0 aromatic heterocycles. The normalized spacial score (nSPS) is 14.6. The van der Waals surface area contributed by atoms with Crippen molar-refractivity contribution in [2.45, 2.75) is 23.5 Å². The number of hydrogen-bond donors (Lipinski definition) is 2. The first-order chi connectivity index (χ1) is 22.2. The topological polar surface area (TPSA) is 122 Å². The van der Waals surface area contributed by atoms with Crippen molar-refractivity contribution in [1.82, 2.24) is 5.32 Å². The molecule has 9 nitrogen and oxygen atoms in total. The molecule has 1 aliphatic rings. The molecule has 1 aliphatic heterocycles. The molecule has 46 heavy (non-hydrogen) atoms. The quantitative estimate of drug-likeness (QED) is 0.127. The highest BCUT2D eigenvalue weighted by molar-refractivity contribution is 8.00. The van der Waals surface area contributed by atoms with Crippen LogP contribution in [-0.2, 0) is 19.1 Å². The molecule has 4 amide bonds. The average molecular weight is 638 g/mol. The Morgan fingerprint density at radius 3 is 2.22 bits per heavy atom. The summed E-state index contributed by atoms with van der Waals surface area (Å²) in [4.78, 5) is 65.8. The Morgan fingerprint density at radius 2 is 1.57 bits per heavy atom. The van der Waals surface area contributed by atoms with Crippen molar-refractivity contribution in [2.75, 3.05) is 16.8 Å². The molecule has 232 valence electrons. The Hall–Kier alpha value is -5.55. The maximum Gasteiger partial charge on any atom is 0.338 e. The SMILES string of the molecule is CCOC(=O)c1ccc(N2C(=O)CC(Sc3ccc(NC(=O)/C(=C/c4ccc(F)cc4)NC(=O)c4ccccc4)cc3)C2=O)cc1. The Balaban J connectivity index is 1.25. The van der Waals surface area contributed by atoms with Gasteiger partial charge in [0.2, 0.25) is 11.8 Å². The number of carbonyl (C=O) groups is 5. The molecule has 5 rings (SSSR count). The van der Waals surface area contributed by atoms with Crippen molar-refractivity contribution >= 4 is 58.8 Å². The monoisotopic (exact) mass is 637 g/mol.